The summed E-state index contributed by atoms with van der Waals surface area (Å²) in [4.78, 5) is 0. The van der Waals surface area contributed by atoms with Crippen molar-refractivity contribution in [1.82, 2.24) is 0 Å². The maximum atomic E-state index is 9.52. The maximum absolute atomic E-state index is 9.52. The summed E-state index contributed by atoms with van der Waals surface area (Å²) in [6, 6.07) is 22.7. The monoisotopic (exact) mass is 362 g/mol. The molecular weight excluding hydrogens is 336 g/mol. The number of anilines is 1. The average molecular weight is 362 g/mol. The van der Waals surface area contributed by atoms with Gasteiger partial charge < -0.3 is 14.8 Å². The van der Waals surface area contributed by atoms with E-state index in [1.165, 1.54) is 5.56 Å². The van der Waals surface area contributed by atoms with Gasteiger partial charge in [0.05, 0.1) is 13.7 Å². The molecule has 0 atom stereocenters. The van der Waals surface area contributed by atoms with Crippen molar-refractivity contribution >= 4 is 5.69 Å². The molecule has 0 aromatic heterocycles. The van der Waals surface area contributed by atoms with Crippen molar-refractivity contribution < 1.29 is 9.47 Å². The minimum atomic E-state index is 0.0972. The zero-order chi connectivity index (χ0) is 18.9. The molecule has 2 aromatic rings. The van der Waals surface area contributed by atoms with Crippen molar-refractivity contribution in [3.8, 4) is 6.07 Å². The summed E-state index contributed by atoms with van der Waals surface area (Å²) in [5.41, 5.74) is 2.85. The molecule has 0 bridgehead atoms. The Balaban J connectivity index is 1.57. The fourth-order valence-electron chi connectivity index (χ4n) is 3.54. The second-order valence-electron chi connectivity index (χ2n) is 6.80. The van der Waals surface area contributed by atoms with Crippen LogP contribution in [0.3, 0.4) is 0 Å². The summed E-state index contributed by atoms with van der Waals surface area (Å²) >= 11 is 0. The molecule has 1 saturated carbocycles. The third kappa shape index (κ3) is 5.27. The molecule has 0 radical (unpaired) electrons. The molecule has 2 aromatic carbocycles. The number of para-hydroxylation sites is 1. The van der Waals surface area contributed by atoms with E-state index >= 15 is 0 Å². The lowest BCUT2D eigenvalue weighted by atomic mass is 9.83. The van der Waals surface area contributed by atoms with E-state index in [1.54, 1.807) is 7.11 Å². The predicted molar refractivity (Wildman–Crippen MR) is 107 cm³/mol. The molecule has 1 fully saturated rings. The van der Waals surface area contributed by atoms with Gasteiger partial charge >= 0.3 is 0 Å². The first-order valence-electron chi connectivity index (χ1n) is 9.48. The van der Waals surface area contributed by atoms with E-state index in [1.807, 2.05) is 30.3 Å². The van der Waals surface area contributed by atoms with Gasteiger partial charge in [-0.2, -0.15) is 5.26 Å². The Kier molecular flexibility index (Phi) is 6.76. The lowest BCUT2D eigenvalue weighted by molar-refractivity contribution is -0.00960. The number of hydrogen-bond donors (Lipinski definition) is 1. The molecule has 0 saturated heterocycles. The van der Waals surface area contributed by atoms with Crippen LogP contribution in [-0.2, 0) is 9.47 Å². The van der Waals surface area contributed by atoms with Crippen LogP contribution in [0.4, 0.5) is 5.69 Å². The summed E-state index contributed by atoms with van der Waals surface area (Å²) in [5, 5.41) is 12.8. The van der Waals surface area contributed by atoms with Gasteiger partial charge in [0.2, 0.25) is 0 Å². The number of nitriles is 1. The van der Waals surface area contributed by atoms with Crippen LogP contribution in [0, 0.1) is 11.3 Å². The van der Waals surface area contributed by atoms with Crippen molar-refractivity contribution in [3.05, 3.63) is 77.7 Å². The molecule has 4 heteroatoms. The number of rotatable bonds is 7. The van der Waals surface area contributed by atoms with Gasteiger partial charge in [0.15, 0.2) is 0 Å². The van der Waals surface area contributed by atoms with Crippen LogP contribution in [0.2, 0.25) is 0 Å². The van der Waals surface area contributed by atoms with Gasteiger partial charge in [-0.15, -0.1) is 0 Å². The van der Waals surface area contributed by atoms with E-state index < -0.39 is 0 Å². The largest absolute Gasteiger partial charge is 0.468 e. The lowest BCUT2D eigenvalue weighted by Gasteiger charge is -2.29. The van der Waals surface area contributed by atoms with Crippen LogP contribution >= 0.6 is 0 Å². The number of benzene rings is 2. The molecule has 0 amide bonds. The predicted octanol–water partition coefficient (Wildman–Crippen LogP) is 5.22. The highest BCUT2D eigenvalue weighted by molar-refractivity contribution is 5.45. The molecule has 140 valence electrons. The summed E-state index contributed by atoms with van der Waals surface area (Å²) in [6.45, 7) is 0.378. The van der Waals surface area contributed by atoms with Gasteiger partial charge in [-0.25, -0.2) is 0 Å². The Bertz CT molecular complexity index is 773. The first-order chi connectivity index (χ1) is 13.3. The maximum Gasteiger partial charge on any atom is 0.295 e. The quantitative estimate of drug-likeness (QED) is 0.542. The number of nitrogens with one attached hydrogen (secondary N) is 1. The Labute approximate surface area is 161 Å². The normalized spacial score (nSPS) is 20.1. The SMILES string of the molecule is COC(OC1CCC(c2ccccc2)CC1)=C(C#N)CNc1ccccc1. The topological polar surface area (TPSA) is 54.3 Å². The van der Waals surface area contributed by atoms with Crippen molar-refractivity contribution in [1.29, 1.82) is 5.26 Å². The minimum Gasteiger partial charge on any atom is -0.468 e. The first-order valence-corrected chi connectivity index (χ1v) is 9.48. The van der Waals surface area contributed by atoms with Crippen LogP contribution in [0.1, 0.15) is 37.2 Å². The highest BCUT2D eigenvalue weighted by Crippen LogP contribution is 2.34. The molecule has 4 nitrogen and oxygen atoms in total. The van der Waals surface area contributed by atoms with Crippen LogP contribution in [0.5, 0.6) is 0 Å². The zero-order valence-electron chi connectivity index (χ0n) is 15.7. The van der Waals surface area contributed by atoms with E-state index in [9.17, 15) is 5.26 Å². The summed E-state index contributed by atoms with van der Waals surface area (Å²) < 4.78 is 11.5. The third-order valence-electron chi connectivity index (χ3n) is 5.03. The van der Waals surface area contributed by atoms with Crippen molar-refractivity contribution in [2.45, 2.75) is 37.7 Å². The van der Waals surface area contributed by atoms with Crippen molar-refractivity contribution in [2.75, 3.05) is 19.0 Å². The molecule has 1 N–H and O–H groups in total. The Morgan fingerprint density at radius 2 is 1.63 bits per heavy atom. The standard InChI is InChI=1S/C23H26N2O2/c1-26-23(20(16-24)17-25-21-10-6-3-7-11-21)27-22-14-12-19(13-15-22)18-8-4-2-5-9-18/h2-11,19,22,25H,12-15,17H2,1H3. The molecule has 0 aliphatic heterocycles. The summed E-state index contributed by atoms with van der Waals surface area (Å²) in [6.07, 6.45) is 4.22. The van der Waals surface area contributed by atoms with E-state index in [2.05, 4.69) is 41.7 Å². The molecule has 1 aliphatic rings. The van der Waals surface area contributed by atoms with Gasteiger partial charge in [0.1, 0.15) is 17.7 Å². The summed E-state index contributed by atoms with van der Waals surface area (Å²) in [7, 11) is 1.56. The molecular formula is C23H26N2O2. The minimum absolute atomic E-state index is 0.0972. The van der Waals surface area contributed by atoms with E-state index in [4.69, 9.17) is 9.47 Å². The fourth-order valence-corrected chi connectivity index (χ4v) is 3.54. The average Bonchev–Trinajstić information content (AvgIpc) is 2.75. The Morgan fingerprint density at radius 1 is 1.00 bits per heavy atom. The van der Waals surface area contributed by atoms with Gasteiger partial charge in [0.25, 0.3) is 5.95 Å². The number of nitrogens with zero attached hydrogens (tertiary/aromatic N) is 1. The van der Waals surface area contributed by atoms with E-state index in [-0.39, 0.29) is 6.10 Å². The molecule has 3 rings (SSSR count). The fraction of sp³-hybridized carbons (Fsp3) is 0.348. The summed E-state index contributed by atoms with van der Waals surface area (Å²) in [5.74, 6) is 0.931. The molecule has 0 unspecified atom stereocenters. The van der Waals surface area contributed by atoms with Crippen molar-refractivity contribution in [3.63, 3.8) is 0 Å². The second-order valence-corrected chi connectivity index (χ2v) is 6.80. The van der Waals surface area contributed by atoms with Crippen LogP contribution in [0.25, 0.3) is 0 Å². The third-order valence-corrected chi connectivity index (χ3v) is 5.03. The first kappa shape index (κ1) is 18.8. The van der Waals surface area contributed by atoms with E-state index in [0.29, 0.717) is 24.0 Å². The van der Waals surface area contributed by atoms with Gasteiger partial charge in [0, 0.05) is 5.69 Å². The zero-order valence-corrected chi connectivity index (χ0v) is 15.7. The van der Waals surface area contributed by atoms with Crippen LogP contribution < -0.4 is 5.32 Å². The Hall–Kier alpha value is -2.93. The number of hydrogen-bond acceptors (Lipinski definition) is 4. The second kappa shape index (κ2) is 9.68. The van der Waals surface area contributed by atoms with Crippen LogP contribution in [0.15, 0.2) is 72.2 Å². The van der Waals surface area contributed by atoms with Gasteiger partial charge in [-0.1, -0.05) is 48.5 Å². The number of ether oxygens (including phenoxy) is 2. The van der Waals surface area contributed by atoms with Crippen molar-refractivity contribution in [2.24, 2.45) is 0 Å². The molecule has 0 spiro atoms. The molecule has 27 heavy (non-hydrogen) atoms. The van der Waals surface area contributed by atoms with Crippen LogP contribution in [-0.4, -0.2) is 19.8 Å². The van der Waals surface area contributed by atoms with E-state index in [0.717, 1.165) is 31.4 Å². The lowest BCUT2D eigenvalue weighted by Crippen LogP contribution is -2.22. The Morgan fingerprint density at radius 3 is 2.22 bits per heavy atom. The molecule has 0 heterocycles. The molecule has 1 aliphatic carbocycles. The number of methoxy groups -OCH3 is 1. The van der Waals surface area contributed by atoms with Gasteiger partial charge in [-0.05, 0) is 49.3 Å². The smallest absolute Gasteiger partial charge is 0.295 e. The highest BCUT2D eigenvalue weighted by atomic mass is 16.7. The highest BCUT2D eigenvalue weighted by Gasteiger charge is 2.25. The van der Waals surface area contributed by atoms with Gasteiger partial charge in [-0.3, -0.25) is 0 Å².